The Morgan fingerprint density at radius 1 is 1.25 bits per heavy atom. The van der Waals surface area contributed by atoms with Gasteiger partial charge in [0.1, 0.15) is 11.6 Å². The third-order valence-electron chi connectivity index (χ3n) is 2.96. The monoisotopic (exact) mass is 227 g/mol. The second kappa shape index (κ2) is 4.89. The van der Waals surface area contributed by atoms with E-state index in [0.717, 1.165) is 18.9 Å². The van der Waals surface area contributed by atoms with Crippen LogP contribution >= 0.6 is 0 Å². The molecule has 0 bridgehead atoms. The Hall–Kier alpha value is -1.00. The molecule has 2 atom stereocenters. The molecule has 2 N–H and O–H groups in total. The zero-order valence-corrected chi connectivity index (χ0v) is 8.96. The van der Waals surface area contributed by atoms with Crippen molar-refractivity contribution in [2.75, 3.05) is 13.2 Å². The SMILES string of the molecule is NCC1CCCOC1c1cc(F)cc(F)c1. The topological polar surface area (TPSA) is 35.2 Å². The van der Waals surface area contributed by atoms with E-state index in [1.165, 1.54) is 12.1 Å². The molecule has 0 radical (unpaired) electrons. The highest BCUT2D eigenvalue weighted by atomic mass is 19.1. The minimum atomic E-state index is -0.569. The van der Waals surface area contributed by atoms with Crippen molar-refractivity contribution in [3.8, 4) is 0 Å². The quantitative estimate of drug-likeness (QED) is 0.842. The van der Waals surface area contributed by atoms with Crippen molar-refractivity contribution in [1.29, 1.82) is 0 Å². The third-order valence-corrected chi connectivity index (χ3v) is 2.96. The van der Waals surface area contributed by atoms with Crippen LogP contribution in [0.2, 0.25) is 0 Å². The maximum absolute atomic E-state index is 13.1. The molecule has 2 nitrogen and oxygen atoms in total. The van der Waals surface area contributed by atoms with E-state index < -0.39 is 11.6 Å². The number of halogens is 2. The Morgan fingerprint density at radius 3 is 2.56 bits per heavy atom. The van der Waals surface area contributed by atoms with Crippen LogP contribution in [0.4, 0.5) is 8.78 Å². The summed E-state index contributed by atoms with van der Waals surface area (Å²) in [6.07, 6.45) is 1.62. The van der Waals surface area contributed by atoms with Crippen molar-refractivity contribution >= 4 is 0 Å². The molecule has 1 aliphatic heterocycles. The van der Waals surface area contributed by atoms with Gasteiger partial charge in [-0.15, -0.1) is 0 Å². The van der Waals surface area contributed by atoms with Crippen LogP contribution in [-0.4, -0.2) is 13.2 Å². The summed E-state index contributed by atoms with van der Waals surface area (Å²) in [5.41, 5.74) is 6.19. The van der Waals surface area contributed by atoms with E-state index in [1.54, 1.807) is 0 Å². The number of benzene rings is 1. The molecule has 1 saturated heterocycles. The minimum Gasteiger partial charge on any atom is -0.373 e. The van der Waals surface area contributed by atoms with E-state index in [9.17, 15) is 8.78 Å². The van der Waals surface area contributed by atoms with Crippen molar-refractivity contribution in [3.05, 3.63) is 35.4 Å². The molecule has 88 valence electrons. The van der Waals surface area contributed by atoms with Crippen LogP contribution < -0.4 is 5.73 Å². The van der Waals surface area contributed by atoms with Crippen molar-refractivity contribution < 1.29 is 13.5 Å². The Labute approximate surface area is 93.4 Å². The van der Waals surface area contributed by atoms with Gasteiger partial charge in [-0.25, -0.2) is 8.78 Å². The highest BCUT2D eigenvalue weighted by molar-refractivity contribution is 5.21. The first-order valence-corrected chi connectivity index (χ1v) is 5.48. The number of rotatable bonds is 2. The molecule has 0 aliphatic carbocycles. The molecule has 1 aromatic carbocycles. The molecular weight excluding hydrogens is 212 g/mol. The van der Waals surface area contributed by atoms with Crippen LogP contribution in [0.1, 0.15) is 24.5 Å². The summed E-state index contributed by atoms with van der Waals surface area (Å²) in [7, 11) is 0. The van der Waals surface area contributed by atoms with Crippen LogP contribution in [0.25, 0.3) is 0 Å². The fourth-order valence-corrected chi connectivity index (χ4v) is 2.19. The summed E-state index contributed by atoms with van der Waals surface area (Å²) >= 11 is 0. The summed E-state index contributed by atoms with van der Waals surface area (Å²) < 4.78 is 31.7. The Morgan fingerprint density at radius 2 is 1.94 bits per heavy atom. The zero-order valence-electron chi connectivity index (χ0n) is 8.96. The second-order valence-electron chi connectivity index (χ2n) is 4.13. The lowest BCUT2D eigenvalue weighted by molar-refractivity contribution is -0.0254. The van der Waals surface area contributed by atoms with Crippen LogP contribution in [0, 0.1) is 17.6 Å². The summed E-state index contributed by atoms with van der Waals surface area (Å²) in [5, 5.41) is 0. The van der Waals surface area contributed by atoms with Crippen LogP contribution in [0.5, 0.6) is 0 Å². The van der Waals surface area contributed by atoms with Gasteiger partial charge >= 0.3 is 0 Å². The van der Waals surface area contributed by atoms with E-state index in [0.29, 0.717) is 18.7 Å². The highest BCUT2D eigenvalue weighted by Crippen LogP contribution is 2.33. The molecule has 1 fully saturated rings. The fraction of sp³-hybridized carbons (Fsp3) is 0.500. The number of hydrogen-bond acceptors (Lipinski definition) is 2. The van der Waals surface area contributed by atoms with Gasteiger partial charge in [-0.2, -0.15) is 0 Å². The number of nitrogens with two attached hydrogens (primary N) is 1. The molecule has 1 aromatic rings. The van der Waals surface area contributed by atoms with Crippen LogP contribution in [0.3, 0.4) is 0 Å². The molecule has 1 aliphatic rings. The predicted octanol–water partition coefficient (Wildman–Crippen LogP) is 2.39. The Kier molecular flexibility index (Phi) is 3.51. The minimum absolute atomic E-state index is 0.148. The first-order valence-electron chi connectivity index (χ1n) is 5.48. The first-order chi connectivity index (χ1) is 7.70. The molecule has 0 aromatic heterocycles. The van der Waals surface area contributed by atoms with Gasteiger partial charge in [-0.1, -0.05) is 0 Å². The average molecular weight is 227 g/mol. The molecule has 2 unspecified atom stereocenters. The lowest BCUT2D eigenvalue weighted by Crippen LogP contribution is -2.28. The maximum Gasteiger partial charge on any atom is 0.126 e. The van der Waals surface area contributed by atoms with Crippen LogP contribution in [0.15, 0.2) is 18.2 Å². The summed E-state index contributed by atoms with van der Waals surface area (Å²) in [6.45, 7) is 1.10. The van der Waals surface area contributed by atoms with Gasteiger partial charge in [0.2, 0.25) is 0 Å². The molecule has 0 spiro atoms. The maximum atomic E-state index is 13.1. The molecule has 4 heteroatoms. The van der Waals surface area contributed by atoms with Gasteiger partial charge in [-0.05, 0) is 37.1 Å². The van der Waals surface area contributed by atoms with Gasteiger partial charge in [-0.3, -0.25) is 0 Å². The lowest BCUT2D eigenvalue weighted by Gasteiger charge is -2.31. The fourth-order valence-electron chi connectivity index (χ4n) is 2.19. The average Bonchev–Trinajstić information content (AvgIpc) is 2.27. The van der Waals surface area contributed by atoms with E-state index in [2.05, 4.69) is 0 Å². The smallest absolute Gasteiger partial charge is 0.126 e. The first kappa shape index (κ1) is 11.5. The normalized spacial score (nSPS) is 25.7. The highest BCUT2D eigenvalue weighted by Gasteiger charge is 2.26. The van der Waals surface area contributed by atoms with Gasteiger partial charge < -0.3 is 10.5 Å². The molecular formula is C12H15F2NO. The van der Waals surface area contributed by atoms with Gasteiger partial charge in [0.05, 0.1) is 6.10 Å². The Bertz CT molecular complexity index is 350. The largest absolute Gasteiger partial charge is 0.373 e. The van der Waals surface area contributed by atoms with Crippen molar-refractivity contribution in [3.63, 3.8) is 0 Å². The molecule has 1 heterocycles. The van der Waals surface area contributed by atoms with Crippen molar-refractivity contribution in [2.24, 2.45) is 11.7 Å². The van der Waals surface area contributed by atoms with E-state index >= 15 is 0 Å². The van der Waals surface area contributed by atoms with E-state index in [4.69, 9.17) is 10.5 Å². The van der Waals surface area contributed by atoms with E-state index in [1.807, 2.05) is 0 Å². The van der Waals surface area contributed by atoms with Crippen LogP contribution in [-0.2, 0) is 4.74 Å². The summed E-state index contributed by atoms with van der Waals surface area (Å²) in [6, 6.07) is 3.51. The van der Waals surface area contributed by atoms with Crippen molar-refractivity contribution in [2.45, 2.75) is 18.9 Å². The predicted molar refractivity (Wildman–Crippen MR) is 56.8 cm³/mol. The number of hydrogen-bond donors (Lipinski definition) is 1. The standard InChI is InChI=1S/C12H15F2NO/c13-10-4-9(5-11(14)6-10)12-8(7-15)2-1-3-16-12/h4-6,8,12H,1-3,7,15H2. The molecule has 16 heavy (non-hydrogen) atoms. The van der Waals surface area contributed by atoms with Crippen molar-refractivity contribution in [1.82, 2.24) is 0 Å². The summed E-state index contributed by atoms with van der Waals surface area (Å²) in [5.74, 6) is -0.991. The molecule has 0 saturated carbocycles. The molecule has 0 amide bonds. The summed E-state index contributed by atoms with van der Waals surface area (Å²) in [4.78, 5) is 0. The van der Waals surface area contributed by atoms with E-state index in [-0.39, 0.29) is 12.0 Å². The molecule has 2 rings (SSSR count). The zero-order chi connectivity index (χ0) is 11.5. The van der Waals surface area contributed by atoms with Gasteiger partial charge in [0, 0.05) is 18.6 Å². The van der Waals surface area contributed by atoms with Gasteiger partial charge in [0.25, 0.3) is 0 Å². The third kappa shape index (κ3) is 2.39. The van der Waals surface area contributed by atoms with Gasteiger partial charge in [0.15, 0.2) is 0 Å². The Balaban J connectivity index is 2.26. The number of ether oxygens (including phenoxy) is 1. The lowest BCUT2D eigenvalue weighted by atomic mass is 9.89. The second-order valence-corrected chi connectivity index (χ2v) is 4.13.